The first-order valence-corrected chi connectivity index (χ1v) is 7.87. The molecule has 0 aromatic rings. The molecule has 11 heavy (non-hydrogen) atoms. The molecule has 0 rings (SSSR count). The van der Waals surface area contributed by atoms with Gasteiger partial charge in [-0.3, -0.25) is 0 Å². The Hall–Kier alpha value is 1.60. The van der Waals surface area contributed by atoms with Crippen molar-refractivity contribution in [2.45, 2.75) is 13.8 Å². The molecule has 0 bridgehead atoms. The Morgan fingerprint density at radius 3 is 0.909 bits per heavy atom. The molecule has 0 amide bonds. The van der Waals surface area contributed by atoms with Crippen LogP contribution in [0.5, 0.6) is 0 Å². The topological polar surface area (TPSA) is 52.0 Å². The summed E-state index contributed by atoms with van der Waals surface area (Å²) in [5.74, 6) is 0. The Morgan fingerprint density at radius 2 is 0.909 bits per heavy atom. The fourth-order valence-corrected chi connectivity index (χ4v) is 0. The van der Waals surface area contributed by atoms with Crippen LogP contribution in [0.2, 0.25) is 0 Å². The zero-order chi connectivity index (χ0) is 9.91. The van der Waals surface area contributed by atoms with Crippen LogP contribution in [0, 0.1) is 0 Å². The van der Waals surface area contributed by atoms with Gasteiger partial charge in [0, 0.05) is 0 Å². The Labute approximate surface area is 87.6 Å². The van der Waals surface area contributed by atoms with Crippen LogP contribution in [0.3, 0.4) is 0 Å². The van der Waals surface area contributed by atoms with Crippen molar-refractivity contribution >= 4 is 40.4 Å². The summed E-state index contributed by atoms with van der Waals surface area (Å²) in [5.41, 5.74) is 9.69. The monoisotopic (exact) mass is 293 g/mol. The average Bonchev–Trinajstić information content (AvgIpc) is 1.62. The van der Waals surface area contributed by atoms with E-state index < -0.39 is 9.20 Å². The first-order valence-electron chi connectivity index (χ1n) is 2.69. The third-order valence-electron chi connectivity index (χ3n) is 0. The molecule has 0 saturated heterocycles. The fourth-order valence-electron chi connectivity index (χ4n) is 0. The first kappa shape index (κ1) is 18.4. The number of rotatable bonds is 0. The normalized spacial score (nSPS) is 10.2. The molecular weight excluding hydrogens is 281 g/mol. The van der Waals surface area contributed by atoms with Crippen molar-refractivity contribution in [3.63, 3.8) is 0 Å². The second kappa shape index (κ2) is 14.1. The standard InChI is InChI=1S/2C2H7N.4ClH.Cu/c2*1-2-3;;;;;/h2*2-3H2,1H3;4*1H;/q;;;;;;+4/p-4. The van der Waals surface area contributed by atoms with Gasteiger partial charge in [-0.05, 0) is 13.1 Å². The van der Waals surface area contributed by atoms with Crippen molar-refractivity contribution in [1.29, 1.82) is 0 Å². The Balaban J connectivity index is -0.0000000933. The molecule has 2 nitrogen and oxygen atoms in total. The van der Waals surface area contributed by atoms with Crippen molar-refractivity contribution in [2.24, 2.45) is 11.5 Å². The summed E-state index contributed by atoms with van der Waals surface area (Å²) in [6, 6.07) is 0. The van der Waals surface area contributed by atoms with Crippen LogP contribution < -0.4 is 11.5 Å². The van der Waals surface area contributed by atoms with Crippen molar-refractivity contribution in [3.05, 3.63) is 0 Å². The van der Waals surface area contributed by atoms with Crippen LogP contribution in [0.25, 0.3) is 0 Å². The van der Waals surface area contributed by atoms with Crippen molar-refractivity contribution in [3.8, 4) is 0 Å². The van der Waals surface area contributed by atoms with Gasteiger partial charge in [0.2, 0.25) is 0 Å². The number of hydrogen-bond acceptors (Lipinski definition) is 2. The van der Waals surface area contributed by atoms with E-state index in [0.29, 0.717) is 0 Å². The Kier molecular flexibility index (Phi) is 23.7. The molecule has 0 spiro atoms. The number of hydrogen-bond donors (Lipinski definition) is 2. The van der Waals surface area contributed by atoms with Gasteiger partial charge in [-0.25, -0.2) is 0 Å². The molecule has 0 unspecified atom stereocenters. The molecule has 0 aliphatic carbocycles. The van der Waals surface area contributed by atoms with E-state index in [0.717, 1.165) is 13.1 Å². The van der Waals surface area contributed by atoms with Gasteiger partial charge in [-0.2, -0.15) is 0 Å². The van der Waals surface area contributed by atoms with Crippen LogP contribution in [-0.2, 0) is 9.20 Å². The summed E-state index contributed by atoms with van der Waals surface area (Å²) in [5, 5.41) is 0. The minimum absolute atomic E-state index is 0.750. The van der Waals surface area contributed by atoms with Crippen molar-refractivity contribution in [1.82, 2.24) is 0 Å². The second-order valence-corrected chi connectivity index (χ2v) is 10.4. The van der Waals surface area contributed by atoms with E-state index in [1.54, 1.807) is 0 Å². The molecule has 7 heteroatoms. The van der Waals surface area contributed by atoms with E-state index in [-0.39, 0.29) is 0 Å². The minimum atomic E-state index is -2.24. The molecular formula is C4H14Cl4CuN2. The van der Waals surface area contributed by atoms with Crippen molar-refractivity contribution < 1.29 is 9.20 Å². The quantitative estimate of drug-likeness (QED) is 0.675. The Bertz CT molecular complexity index is 50.5. The molecule has 0 saturated carbocycles. The van der Waals surface area contributed by atoms with Gasteiger partial charge in [-0.15, -0.1) is 0 Å². The molecule has 4 N–H and O–H groups in total. The van der Waals surface area contributed by atoms with Crippen LogP contribution in [0.4, 0.5) is 0 Å². The summed E-state index contributed by atoms with van der Waals surface area (Å²) < 4.78 is 0. The zero-order valence-electron chi connectivity index (χ0n) is 6.38. The fraction of sp³-hybridized carbons (Fsp3) is 1.00. The van der Waals surface area contributed by atoms with Crippen LogP contribution in [0.15, 0.2) is 0 Å². The molecule has 0 aliphatic rings. The van der Waals surface area contributed by atoms with E-state index in [2.05, 4.69) is 0 Å². The number of nitrogens with two attached hydrogens (primary N) is 2. The van der Waals surface area contributed by atoms with Crippen molar-refractivity contribution in [2.75, 3.05) is 13.1 Å². The number of halogens is 4. The summed E-state index contributed by atoms with van der Waals surface area (Å²) in [7, 11) is 17.4. The SMILES string of the molecule is CCN.CCN.[Cl][Cu]([Cl])([Cl])[Cl]. The summed E-state index contributed by atoms with van der Waals surface area (Å²) in [6.07, 6.45) is 0. The van der Waals surface area contributed by atoms with E-state index >= 15 is 0 Å². The first-order chi connectivity index (χ1) is 4.83. The zero-order valence-corrected chi connectivity index (χ0v) is 10.3. The van der Waals surface area contributed by atoms with E-state index in [4.69, 9.17) is 51.9 Å². The van der Waals surface area contributed by atoms with Gasteiger partial charge in [0.1, 0.15) is 0 Å². The molecule has 79 valence electrons. The third-order valence-corrected chi connectivity index (χ3v) is 0. The van der Waals surface area contributed by atoms with E-state index in [9.17, 15) is 0 Å². The molecule has 0 aromatic carbocycles. The maximum absolute atomic E-state index is 4.90. The average molecular weight is 296 g/mol. The predicted octanol–water partition coefficient (Wildman–Crippen LogP) is 2.69. The molecule has 0 heterocycles. The second-order valence-electron chi connectivity index (χ2n) is 1.07. The van der Waals surface area contributed by atoms with Crippen LogP contribution in [0.1, 0.15) is 13.8 Å². The van der Waals surface area contributed by atoms with Gasteiger partial charge in [0.05, 0.1) is 0 Å². The molecule has 0 radical (unpaired) electrons. The van der Waals surface area contributed by atoms with Gasteiger partial charge in [0.15, 0.2) is 0 Å². The predicted molar refractivity (Wildman–Crippen MR) is 52.9 cm³/mol. The molecule has 0 aliphatic heterocycles. The Morgan fingerprint density at radius 1 is 0.909 bits per heavy atom. The van der Waals surface area contributed by atoms with Gasteiger partial charge < -0.3 is 11.5 Å². The van der Waals surface area contributed by atoms with Gasteiger partial charge >= 0.3 is 49.6 Å². The summed E-state index contributed by atoms with van der Waals surface area (Å²) in [6.45, 7) is 5.31. The van der Waals surface area contributed by atoms with E-state index in [1.807, 2.05) is 13.8 Å². The third kappa shape index (κ3) is 418. The molecule has 0 atom stereocenters. The van der Waals surface area contributed by atoms with Crippen LogP contribution >= 0.6 is 40.4 Å². The maximum atomic E-state index is 4.90. The molecule has 0 aromatic heterocycles. The summed E-state index contributed by atoms with van der Waals surface area (Å²) in [4.78, 5) is 0. The van der Waals surface area contributed by atoms with Crippen LogP contribution in [-0.4, -0.2) is 13.1 Å². The summed E-state index contributed by atoms with van der Waals surface area (Å²) >= 11 is 0. The van der Waals surface area contributed by atoms with Gasteiger partial charge in [-0.1, -0.05) is 13.8 Å². The van der Waals surface area contributed by atoms with Gasteiger partial charge in [0.25, 0.3) is 0 Å². The van der Waals surface area contributed by atoms with E-state index in [1.165, 1.54) is 0 Å². The molecule has 0 fully saturated rings.